The molecule has 0 aromatic heterocycles. The molecule has 0 heterocycles. The van der Waals surface area contributed by atoms with E-state index in [2.05, 4.69) is 6.92 Å². The molecule has 0 fully saturated rings. The fourth-order valence-electron chi connectivity index (χ4n) is 4.75. The van der Waals surface area contributed by atoms with Crippen molar-refractivity contribution in [3.8, 4) is 5.75 Å². The largest absolute Gasteiger partial charge is 0.507 e. The first kappa shape index (κ1) is 16.9. The number of unbranched alkanes of at least 4 members (excludes halogenated alkanes) is 5. The molecule has 3 rings (SSSR count). The lowest BCUT2D eigenvalue weighted by molar-refractivity contribution is 0.448. The summed E-state index contributed by atoms with van der Waals surface area (Å²) in [5.74, 6) is 0.703. The summed E-state index contributed by atoms with van der Waals surface area (Å²) in [4.78, 5) is 0. The topological polar surface area (TPSA) is 20.2 Å². The predicted molar refractivity (Wildman–Crippen MR) is 98.5 cm³/mol. The SMILES string of the molecule is CCCCCCCCc1c(O)c2c(c3c1CCCC3)CCCC2. The average molecular weight is 315 g/mol. The lowest BCUT2D eigenvalue weighted by atomic mass is 9.77. The monoisotopic (exact) mass is 314 g/mol. The van der Waals surface area contributed by atoms with Gasteiger partial charge in [-0.3, -0.25) is 0 Å². The van der Waals surface area contributed by atoms with Gasteiger partial charge in [0.1, 0.15) is 5.75 Å². The van der Waals surface area contributed by atoms with Crippen LogP contribution in [0.5, 0.6) is 5.75 Å². The molecule has 0 aliphatic heterocycles. The van der Waals surface area contributed by atoms with Gasteiger partial charge < -0.3 is 5.11 Å². The van der Waals surface area contributed by atoms with Gasteiger partial charge >= 0.3 is 0 Å². The molecular weight excluding hydrogens is 280 g/mol. The molecule has 0 bridgehead atoms. The lowest BCUT2D eigenvalue weighted by Gasteiger charge is -2.29. The van der Waals surface area contributed by atoms with Crippen molar-refractivity contribution in [3.63, 3.8) is 0 Å². The second-order valence-electron chi connectivity index (χ2n) is 7.67. The molecule has 0 atom stereocenters. The number of phenols is 1. The van der Waals surface area contributed by atoms with Gasteiger partial charge in [-0.05, 0) is 92.0 Å². The van der Waals surface area contributed by atoms with Crippen LogP contribution in [0.3, 0.4) is 0 Å². The van der Waals surface area contributed by atoms with E-state index < -0.39 is 0 Å². The summed E-state index contributed by atoms with van der Waals surface area (Å²) in [6.45, 7) is 2.28. The minimum atomic E-state index is 0.703. The first-order valence-electron chi connectivity index (χ1n) is 10.2. The van der Waals surface area contributed by atoms with E-state index in [-0.39, 0.29) is 0 Å². The lowest BCUT2D eigenvalue weighted by Crippen LogP contribution is -2.16. The number of fused-ring (bicyclic) bond motifs is 3. The van der Waals surface area contributed by atoms with Gasteiger partial charge in [-0.25, -0.2) is 0 Å². The molecule has 23 heavy (non-hydrogen) atoms. The zero-order valence-corrected chi connectivity index (χ0v) is 15.1. The predicted octanol–water partition coefficient (Wildman–Crippen LogP) is 6.05. The van der Waals surface area contributed by atoms with E-state index in [1.807, 2.05) is 0 Å². The first-order valence-corrected chi connectivity index (χ1v) is 10.2. The molecule has 1 N–H and O–H groups in total. The highest BCUT2D eigenvalue weighted by molar-refractivity contribution is 5.57. The molecule has 0 spiro atoms. The molecule has 0 amide bonds. The third kappa shape index (κ3) is 3.75. The van der Waals surface area contributed by atoms with E-state index >= 15 is 0 Å². The number of hydrogen-bond acceptors (Lipinski definition) is 1. The molecular formula is C22H34O. The Hall–Kier alpha value is -0.980. The molecule has 0 radical (unpaired) electrons. The summed E-state index contributed by atoms with van der Waals surface area (Å²) in [6, 6.07) is 0. The molecule has 128 valence electrons. The van der Waals surface area contributed by atoms with Crippen molar-refractivity contribution in [1.82, 2.24) is 0 Å². The van der Waals surface area contributed by atoms with Crippen molar-refractivity contribution in [3.05, 3.63) is 27.8 Å². The Morgan fingerprint density at radius 2 is 1.17 bits per heavy atom. The zero-order valence-electron chi connectivity index (χ0n) is 15.1. The third-order valence-electron chi connectivity index (χ3n) is 6.02. The summed E-state index contributed by atoms with van der Waals surface area (Å²) < 4.78 is 0. The number of benzene rings is 1. The molecule has 0 unspecified atom stereocenters. The minimum absolute atomic E-state index is 0.703. The Morgan fingerprint density at radius 1 is 0.652 bits per heavy atom. The van der Waals surface area contributed by atoms with Crippen molar-refractivity contribution >= 4 is 0 Å². The van der Waals surface area contributed by atoms with E-state index in [4.69, 9.17) is 0 Å². The van der Waals surface area contributed by atoms with Crippen LogP contribution in [0.25, 0.3) is 0 Å². The quantitative estimate of drug-likeness (QED) is 0.607. The van der Waals surface area contributed by atoms with Crippen LogP contribution in [0.4, 0.5) is 0 Å². The average Bonchev–Trinajstić information content (AvgIpc) is 2.60. The molecule has 1 nitrogen and oxygen atoms in total. The van der Waals surface area contributed by atoms with E-state index in [0.29, 0.717) is 5.75 Å². The Kier molecular flexibility index (Phi) is 6.02. The van der Waals surface area contributed by atoms with Crippen molar-refractivity contribution in [1.29, 1.82) is 0 Å². The molecule has 1 aromatic carbocycles. The van der Waals surface area contributed by atoms with E-state index in [1.54, 1.807) is 16.7 Å². The van der Waals surface area contributed by atoms with Gasteiger partial charge in [0.15, 0.2) is 0 Å². The van der Waals surface area contributed by atoms with Gasteiger partial charge in [-0.2, -0.15) is 0 Å². The third-order valence-corrected chi connectivity index (χ3v) is 6.02. The fourth-order valence-corrected chi connectivity index (χ4v) is 4.75. The van der Waals surface area contributed by atoms with E-state index in [1.165, 1.54) is 94.6 Å². The highest BCUT2D eigenvalue weighted by atomic mass is 16.3. The van der Waals surface area contributed by atoms with Crippen molar-refractivity contribution in [2.75, 3.05) is 0 Å². The standard InChI is InChI=1S/C22H34O/c1-2-3-4-5-6-7-15-20-18-13-9-8-12-17(18)19-14-10-11-16-21(19)22(20)23/h23H,2-16H2,1H3. The van der Waals surface area contributed by atoms with Gasteiger partial charge in [0, 0.05) is 0 Å². The summed E-state index contributed by atoms with van der Waals surface area (Å²) in [6.07, 6.45) is 19.1. The van der Waals surface area contributed by atoms with Gasteiger partial charge in [-0.15, -0.1) is 0 Å². The van der Waals surface area contributed by atoms with Crippen molar-refractivity contribution in [2.45, 2.75) is 103 Å². The van der Waals surface area contributed by atoms with Crippen molar-refractivity contribution < 1.29 is 5.11 Å². The Balaban J connectivity index is 1.76. The second kappa shape index (κ2) is 8.22. The van der Waals surface area contributed by atoms with Crippen LogP contribution in [-0.4, -0.2) is 5.11 Å². The number of aromatic hydroxyl groups is 1. The highest BCUT2D eigenvalue weighted by Crippen LogP contribution is 2.41. The van der Waals surface area contributed by atoms with Gasteiger partial charge in [0.2, 0.25) is 0 Å². The number of rotatable bonds is 7. The molecule has 1 heteroatoms. The molecule has 0 saturated carbocycles. The van der Waals surface area contributed by atoms with Gasteiger partial charge in [0.25, 0.3) is 0 Å². The summed E-state index contributed by atoms with van der Waals surface area (Å²) in [7, 11) is 0. The normalized spacial score (nSPS) is 16.9. The Labute approximate surface area is 142 Å². The van der Waals surface area contributed by atoms with Gasteiger partial charge in [-0.1, -0.05) is 39.0 Å². The van der Waals surface area contributed by atoms with Crippen LogP contribution in [0.1, 0.15) is 98.9 Å². The van der Waals surface area contributed by atoms with Crippen LogP contribution in [0.2, 0.25) is 0 Å². The minimum Gasteiger partial charge on any atom is -0.507 e. The van der Waals surface area contributed by atoms with Crippen LogP contribution in [0, 0.1) is 0 Å². The Morgan fingerprint density at radius 3 is 1.87 bits per heavy atom. The fraction of sp³-hybridized carbons (Fsp3) is 0.727. The number of phenolic OH excluding ortho intramolecular Hbond substituents is 1. The maximum atomic E-state index is 10.9. The van der Waals surface area contributed by atoms with E-state index in [9.17, 15) is 5.11 Å². The van der Waals surface area contributed by atoms with Crippen LogP contribution in [0.15, 0.2) is 0 Å². The van der Waals surface area contributed by atoms with Crippen LogP contribution in [-0.2, 0) is 32.1 Å². The smallest absolute Gasteiger partial charge is 0.122 e. The molecule has 2 aliphatic carbocycles. The Bertz CT molecular complexity index is 530. The first-order chi connectivity index (χ1) is 11.3. The summed E-state index contributed by atoms with van der Waals surface area (Å²) in [5.41, 5.74) is 7.44. The molecule has 0 saturated heterocycles. The molecule has 2 aliphatic rings. The highest BCUT2D eigenvalue weighted by Gasteiger charge is 2.25. The van der Waals surface area contributed by atoms with Gasteiger partial charge in [0.05, 0.1) is 0 Å². The summed E-state index contributed by atoms with van der Waals surface area (Å²) >= 11 is 0. The molecule has 1 aromatic rings. The van der Waals surface area contributed by atoms with Crippen molar-refractivity contribution in [2.24, 2.45) is 0 Å². The zero-order chi connectivity index (χ0) is 16.1. The summed E-state index contributed by atoms with van der Waals surface area (Å²) in [5, 5.41) is 10.9. The number of hydrogen-bond donors (Lipinski definition) is 1. The van der Waals surface area contributed by atoms with E-state index in [0.717, 1.165) is 12.8 Å². The second-order valence-corrected chi connectivity index (χ2v) is 7.67. The maximum absolute atomic E-state index is 10.9. The van der Waals surface area contributed by atoms with Crippen LogP contribution >= 0.6 is 0 Å². The maximum Gasteiger partial charge on any atom is 0.122 e. The van der Waals surface area contributed by atoms with Crippen LogP contribution < -0.4 is 0 Å².